The largest absolute Gasteiger partial charge is 0.480 e. The highest BCUT2D eigenvalue weighted by molar-refractivity contribution is 5.99. The van der Waals surface area contributed by atoms with Crippen LogP contribution in [-0.2, 0) is 57.6 Å². The zero-order valence-corrected chi connectivity index (χ0v) is 40.5. The Balaban J connectivity index is 1.37. The van der Waals surface area contributed by atoms with Crippen LogP contribution in [0.4, 0.5) is 0 Å². The van der Waals surface area contributed by atoms with Gasteiger partial charge in [0, 0.05) is 24.5 Å². The van der Waals surface area contributed by atoms with Crippen molar-refractivity contribution in [2.75, 3.05) is 46.1 Å². The number of hydrogen-bond donors (Lipinski definition) is 4. The van der Waals surface area contributed by atoms with E-state index in [-0.39, 0.29) is 73.5 Å². The summed E-state index contributed by atoms with van der Waals surface area (Å²) in [6.45, 7) is 13.6. The lowest BCUT2D eigenvalue weighted by atomic mass is 9.93. The number of carbonyl (C=O) groups is 6. The molecule has 0 spiro atoms. The van der Waals surface area contributed by atoms with Crippen LogP contribution < -0.4 is 30.7 Å². The number of morpholine rings is 1. The molecule has 366 valence electrons. The first kappa shape index (κ1) is 52.9. The summed E-state index contributed by atoms with van der Waals surface area (Å²) in [7, 11) is 0. The van der Waals surface area contributed by atoms with E-state index in [1.165, 1.54) is 0 Å². The molecule has 15 heteroatoms. The number of ether oxygens (including phenoxy) is 4. The Hall–Kier alpha value is -6.08. The maximum atomic E-state index is 14.5. The van der Waals surface area contributed by atoms with E-state index in [2.05, 4.69) is 27.2 Å². The van der Waals surface area contributed by atoms with Gasteiger partial charge in [-0.25, -0.2) is 0 Å². The Morgan fingerprint density at radius 1 is 0.765 bits per heavy atom. The number of terminal acetylenes is 1. The van der Waals surface area contributed by atoms with E-state index < -0.39 is 53.5 Å². The lowest BCUT2D eigenvalue weighted by molar-refractivity contribution is -0.940. The van der Waals surface area contributed by atoms with Crippen LogP contribution in [0.15, 0.2) is 78.9 Å². The average Bonchev–Trinajstić information content (AvgIpc) is 4.07. The van der Waals surface area contributed by atoms with Crippen LogP contribution in [0, 0.1) is 24.2 Å². The third-order valence-corrected chi connectivity index (χ3v) is 12.2. The first-order valence-corrected chi connectivity index (χ1v) is 23.8. The lowest BCUT2D eigenvalue weighted by Gasteiger charge is -2.41. The van der Waals surface area contributed by atoms with Crippen molar-refractivity contribution in [1.82, 2.24) is 21.3 Å². The molecule has 5 atom stereocenters. The van der Waals surface area contributed by atoms with Gasteiger partial charge in [-0.05, 0) is 67.7 Å². The molecule has 4 amide bonds. The van der Waals surface area contributed by atoms with Crippen LogP contribution in [-0.4, -0.2) is 116 Å². The SMILES string of the molecule is C#CCOc1cc(OC(=O)CC)ccc1C[N+]1(CC(=O)N[C@@H](CCc2ccccc2)C(=O)NC(CC(C)C)C(=O)N[C@@H](Cc2ccccc2)C(=O)N[C@@H](CC(C)C)C(=O)[C@@]2(C)CO2)CCOCC1. The molecule has 2 fully saturated rings. The Morgan fingerprint density at radius 3 is 1.94 bits per heavy atom. The van der Waals surface area contributed by atoms with E-state index in [1.54, 1.807) is 32.0 Å². The van der Waals surface area contributed by atoms with Crippen molar-refractivity contribution in [1.29, 1.82) is 0 Å². The van der Waals surface area contributed by atoms with Crippen molar-refractivity contribution in [2.24, 2.45) is 11.8 Å². The standard InChI is InChI=1S/C53H69N5O10/c1-8-26-66-46-32-41(68-48(60)9-2)22-21-40(46)33-58(24-27-65-28-25-58)34-47(59)54-42(23-20-38-16-12-10-13-17-38)50(62)56-44(30-37(5)6)51(63)57-45(31-39-18-14-11-15-19-39)52(64)55-43(29-36(3)4)49(61)53(7)35-67-53/h1,10-19,21-22,32,36-37,42-45H,9,20,23-31,33-35H2,2-7H3,(H3-,54,55,56,57,59,62,63,64)/p+1/t42-,43-,44?,45-,53+/m0/s1. The quantitative estimate of drug-likeness (QED) is 0.0291. The van der Waals surface area contributed by atoms with Crippen LogP contribution in [0.3, 0.4) is 0 Å². The number of amides is 4. The summed E-state index contributed by atoms with van der Waals surface area (Å²) in [6, 6.07) is 19.9. The van der Waals surface area contributed by atoms with Gasteiger partial charge in [-0.2, -0.15) is 0 Å². The molecule has 2 aliphatic rings. The monoisotopic (exact) mass is 937 g/mol. The smallest absolute Gasteiger partial charge is 0.310 e. The summed E-state index contributed by atoms with van der Waals surface area (Å²) >= 11 is 0. The molecule has 0 saturated carbocycles. The van der Waals surface area contributed by atoms with Crippen molar-refractivity contribution in [3.05, 3.63) is 95.6 Å². The number of nitrogens with zero attached hydrogens (tertiary/aromatic N) is 1. The van der Waals surface area contributed by atoms with E-state index >= 15 is 0 Å². The molecule has 15 nitrogen and oxygen atoms in total. The molecule has 3 aromatic rings. The van der Waals surface area contributed by atoms with Crippen LogP contribution >= 0.6 is 0 Å². The van der Waals surface area contributed by atoms with E-state index in [4.69, 9.17) is 25.4 Å². The van der Waals surface area contributed by atoms with E-state index in [1.807, 2.05) is 88.4 Å². The van der Waals surface area contributed by atoms with Crippen molar-refractivity contribution in [3.63, 3.8) is 0 Å². The number of Topliss-reactive ketones (excluding diaryl/α,β-unsaturated/α-hetero) is 1. The number of aryl methyl sites for hydroxylation is 1. The molecule has 2 saturated heterocycles. The van der Waals surface area contributed by atoms with E-state index in [0.29, 0.717) is 57.2 Å². The first-order valence-electron chi connectivity index (χ1n) is 23.8. The maximum Gasteiger partial charge on any atom is 0.310 e. The maximum absolute atomic E-state index is 14.5. The molecule has 0 aliphatic carbocycles. The molecule has 0 bridgehead atoms. The summed E-state index contributed by atoms with van der Waals surface area (Å²) in [5.74, 6) is 0.610. The van der Waals surface area contributed by atoms with Gasteiger partial charge in [-0.3, -0.25) is 28.8 Å². The van der Waals surface area contributed by atoms with Crippen LogP contribution in [0.1, 0.15) is 83.9 Å². The minimum atomic E-state index is -1.09. The van der Waals surface area contributed by atoms with Gasteiger partial charge in [-0.15, -0.1) is 6.42 Å². The zero-order chi connectivity index (χ0) is 49.3. The van der Waals surface area contributed by atoms with Crippen LogP contribution in [0.25, 0.3) is 0 Å². The summed E-state index contributed by atoms with van der Waals surface area (Å²) in [6.07, 6.45) is 7.18. The summed E-state index contributed by atoms with van der Waals surface area (Å²) < 4.78 is 22.8. The molecule has 0 radical (unpaired) electrons. The van der Waals surface area contributed by atoms with Crippen molar-refractivity contribution in [2.45, 2.75) is 116 Å². The van der Waals surface area contributed by atoms with Gasteiger partial charge in [0.1, 0.15) is 61.5 Å². The van der Waals surface area contributed by atoms with Crippen molar-refractivity contribution in [3.8, 4) is 23.8 Å². The Morgan fingerprint density at radius 2 is 1.34 bits per heavy atom. The molecule has 0 aromatic heterocycles. The predicted octanol–water partition coefficient (Wildman–Crippen LogP) is 4.63. The number of quaternary nitrogens is 1. The van der Waals surface area contributed by atoms with Crippen LogP contribution in [0.2, 0.25) is 0 Å². The predicted molar refractivity (Wildman–Crippen MR) is 257 cm³/mol. The van der Waals surface area contributed by atoms with Crippen LogP contribution in [0.5, 0.6) is 11.5 Å². The summed E-state index contributed by atoms with van der Waals surface area (Å²) in [4.78, 5) is 83.1. The second kappa shape index (κ2) is 25.3. The number of nitrogens with one attached hydrogen (secondary N) is 4. The third kappa shape index (κ3) is 16.3. The van der Waals surface area contributed by atoms with Gasteiger partial charge in [0.25, 0.3) is 5.91 Å². The number of ketones is 1. The average molecular weight is 937 g/mol. The number of esters is 1. The highest BCUT2D eigenvalue weighted by Crippen LogP contribution is 2.31. The second-order valence-corrected chi connectivity index (χ2v) is 19.0. The summed E-state index contributed by atoms with van der Waals surface area (Å²) in [5.41, 5.74) is 1.54. The van der Waals surface area contributed by atoms with Gasteiger partial charge in [0.2, 0.25) is 17.7 Å². The third-order valence-electron chi connectivity index (χ3n) is 12.2. The first-order chi connectivity index (χ1) is 32.5. The molecular weight excluding hydrogens is 867 g/mol. The topological polar surface area (TPSA) is 191 Å². The minimum absolute atomic E-state index is 0.00258. The van der Waals surface area contributed by atoms with Crippen molar-refractivity contribution >= 4 is 35.4 Å². The van der Waals surface area contributed by atoms with E-state index in [9.17, 15) is 28.8 Å². The summed E-state index contributed by atoms with van der Waals surface area (Å²) in [5, 5.41) is 11.8. The molecular formula is C53H70N5O10+. The molecule has 2 aliphatic heterocycles. The fourth-order valence-electron chi connectivity index (χ4n) is 8.32. The molecule has 3 aromatic carbocycles. The minimum Gasteiger partial charge on any atom is -0.480 e. The van der Waals surface area contributed by atoms with Gasteiger partial charge in [0.15, 0.2) is 12.3 Å². The number of epoxide rings is 1. The fraction of sp³-hybridized carbons (Fsp3) is 0.509. The van der Waals surface area contributed by atoms with Gasteiger partial charge < -0.3 is 44.7 Å². The Bertz CT molecular complexity index is 2220. The molecule has 2 heterocycles. The highest BCUT2D eigenvalue weighted by Gasteiger charge is 2.50. The molecule has 5 rings (SSSR count). The second-order valence-electron chi connectivity index (χ2n) is 19.0. The normalized spacial score (nSPS) is 17.9. The van der Waals surface area contributed by atoms with Crippen molar-refractivity contribution < 1.29 is 52.2 Å². The van der Waals surface area contributed by atoms with Gasteiger partial charge in [-0.1, -0.05) is 101 Å². The fourth-order valence-corrected chi connectivity index (χ4v) is 8.32. The lowest BCUT2D eigenvalue weighted by Crippen LogP contribution is -2.61. The zero-order valence-electron chi connectivity index (χ0n) is 40.5. The number of carbonyl (C=O) groups excluding carboxylic acids is 6. The van der Waals surface area contributed by atoms with Gasteiger partial charge >= 0.3 is 5.97 Å². The highest BCUT2D eigenvalue weighted by atomic mass is 16.6. The number of rotatable bonds is 26. The van der Waals surface area contributed by atoms with E-state index in [0.717, 1.165) is 16.7 Å². The molecule has 1 unspecified atom stereocenters. The molecule has 4 N–H and O–H groups in total. The number of hydrogen-bond acceptors (Lipinski definition) is 10. The Kier molecular flexibility index (Phi) is 19.7. The molecule has 68 heavy (non-hydrogen) atoms. The van der Waals surface area contributed by atoms with Gasteiger partial charge in [0.05, 0.1) is 25.9 Å². The number of benzene rings is 3. The Labute approximate surface area is 401 Å².